The number of nitrogens with zero attached hydrogens (tertiary/aromatic N) is 4. The standard InChI is InChI=1S/C24H26N4O3S/c1-4-5-8-14-32-24-25-22-21(26-27-24)19-12-6-7-13-20(19)28(16(2)29)23(31-22)17-10-9-11-18(15-17)30-3/h6-7,9-13,15,23H,4-5,8,14H2,1-3H3/t23-/m1/s1. The first-order valence-electron chi connectivity index (χ1n) is 10.7. The predicted octanol–water partition coefficient (Wildman–Crippen LogP) is 5.27. The zero-order chi connectivity index (χ0) is 22.5. The van der Waals surface area contributed by atoms with Gasteiger partial charge in [0.25, 0.3) is 0 Å². The van der Waals surface area contributed by atoms with Crippen LogP contribution in [0.5, 0.6) is 11.6 Å². The van der Waals surface area contributed by atoms with Crippen molar-refractivity contribution in [2.24, 2.45) is 0 Å². The van der Waals surface area contributed by atoms with Crippen LogP contribution in [0.2, 0.25) is 0 Å². The predicted molar refractivity (Wildman–Crippen MR) is 125 cm³/mol. The lowest BCUT2D eigenvalue weighted by Crippen LogP contribution is -2.36. The average molecular weight is 451 g/mol. The molecule has 2 aromatic carbocycles. The maximum absolute atomic E-state index is 12.8. The average Bonchev–Trinajstić information content (AvgIpc) is 2.96. The Bertz CT molecular complexity index is 1110. The highest BCUT2D eigenvalue weighted by Gasteiger charge is 2.34. The van der Waals surface area contributed by atoms with Crippen LogP contribution in [0, 0.1) is 0 Å². The second-order valence-electron chi connectivity index (χ2n) is 7.46. The minimum absolute atomic E-state index is 0.153. The summed E-state index contributed by atoms with van der Waals surface area (Å²) >= 11 is 1.57. The van der Waals surface area contributed by atoms with E-state index in [0.29, 0.717) is 28.2 Å². The highest BCUT2D eigenvalue weighted by atomic mass is 32.2. The molecule has 0 saturated carbocycles. The largest absolute Gasteiger partial charge is 0.497 e. The molecule has 32 heavy (non-hydrogen) atoms. The molecule has 4 rings (SSSR count). The third-order valence-corrected chi connectivity index (χ3v) is 6.13. The van der Waals surface area contributed by atoms with E-state index in [1.807, 2.05) is 48.5 Å². The number of methoxy groups -OCH3 is 1. The van der Waals surface area contributed by atoms with Gasteiger partial charge in [-0.25, -0.2) is 0 Å². The van der Waals surface area contributed by atoms with Crippen molar-refractivity contribution in [3.05, 3.63) is 54.1 Å². The molecule has 1 amide bonds. The van der Waals surface area contributed by atoms with Crippen molar-refractivity contribution in [3.8, 4) is 22.9 Å². The van der Waals surface area contributed by atoms with Crippen molar-refractivity contribution < 1.29 is 14.3 Å². The molecule has 1 atom stereocenters. The fourth-order valence-electron chi connectivity index (χ4n) is 3.64. The summed E-state index contributed by atoms with van der Waals surface area (Å²) in [7, 11) is 1.61. The Kier molecular flexibility index (Phi) is 6.90. The third kappa shape index (κ3) is 4.55. The van der Waals surface area contributed by atoms with E-state index in [1.165, 1.54) is 13.3 Å². The normalized spacial score (nSPS) is 14.7. The number of ether oxygens (including phenoxy) is 2. The monoisotopic (exact) mass is 450 g/mol. The van der Waals surface area contributed by atoms with Crippen molar-refractivity contribution >= 4 is 23.4 Å². The number of hydrogen-bond acceptors (Lipinski definition) is 7. The maximum atomic E-state index is 12.8. The van der Waals surface area contributed by atoms with Crippen LogP contribution in [0.3, 0.4) is 0 Å². The molecule has 0 bridgehead atoms. The topological polar surface area (TPSA) is 77.4 Å². The highest BCUT2D eigenvalue weighted by molar-refractivity contribution is 7.99. The molecule has 7 nitrogen and oxygen atoms in total. The molecule has 0 radical (unpaired) electrons. The van der Waals surface area contributed by atoms with E-state index in [-0.39, 0.29) is 5.91 Å². The number of anilines is 1. The number of benzene rings is 2. The summed E-state index contributed by atoms with van der Waals surface area (Å²) in [6.07, 6.45) is 2.70. The number of amides is 1. The van der Waals surface area contributed by atoms with Crippen LogP contribution in [-0.4, -0.2) is 34.0 Å². The van der Waals surface area contributed by atoms with Gasteiger partial charge in [-0.2, -0.15) is 4.98 Å². The first kappa shape index (κ1) is 22.1. The summed E-state index contributed by atoms with van der Waals surface area (Å²) < 4.78 is 11.8. The van der Waals surface area contributed by atoms with E-state index >= 15 is 0 Å². The summed E-state index contributed by atoms with van der Waals surface area (Å²) in [6, 6.07) is 15.1. The molecule has 0 N–H and O–H groups in total. The van der Waals surface area contributed by atoms with Crippen molar-refractivity contribution in [1.82, 2.24) is 15.2 Å². The molecular weight excluding hydrogens is 424 g/mol. The number of carbonyl (C=O) groups excluding carboxylic acids is 1. The Morgan fingerprint density at radius 2 is 2.00 bits per heavy atom. The van der Waals surface area contributed by atoms with Crippen molar-refractivity contribution in [2.75, 3.05) is 17.8 Å². The first-order valence-corrected chi connectivity index (χ1v) is 11.7. The molecule has 0 fully saturated rings. The Hall–Kier alpha value is -3.13. The van der Waals surface area contributed by atoms with Crippen LogP contribution in [0.15, 0.2) is 53.7 Å². The summed E-state index contributed by atoms with van der Waals surface area (Å²) in [4.78, 5) is 19.1. The molecule has 3 aromatic rings. The van der Waals surface area contributed by atoms with Crippen LogP contribution < -0.4 is 14.4 Å². The van der Waals surface area contributed by atoms with Crippen LogP contribution in [0.1, 0.15) is 44.9 Å². The quantitative estimate of drug-likeness (QED) is 0.358. The van der Waals surface area contributed by atoms with Crippen molar-refractivity contribution in [2.45, 2.75) is 44.5 Å². The van der Waals surface area contributed by atoms with Gasteiger partial charge in [0.05, 0.1) is 12.8 Å². The lowest BCUT2D eigenvalue weighted by atomic mass is 10.1. The first-order chi connectivity index (χ1) is 15.6. The molecule has 1 aliphatic rings. The smallest absolute Gasteiger partial charge is 0.247 e. The van der Waals surface area contributed by atoms with E-state index in [0.717, 1.165) is 29.7 Å². The summed E-state index contributed by atoms with van der Waals surface area (Å²) in [5.41, 5.74) is 2.75. The van der Waals surface area contributed by atoms with Gasteiger partial charge in [0.1, 0.15) is 5.75 Å². The number of para-hydroxylation sites is 1. The minimum atomic E-state index is -0.723. The molecule has 2 heterocycles. The minimum Gasteiger partial charge on any atom is -0.497 e. The molecular formula is C24H26N4O3S. The van der Waals surface area contributed by atoms with Gasteiger partial charge < -0.3 is 9.47 Å². The number of carbonyl (C=O) groups is 1. The van der Waals surface area contributed by atoms with Gasteiger partial charge in [0.2, 0.25) is 23.2 Å². The Morgan fingerprint density at radius 1 is 1.16 bits per heavy atom. The fraction of sp³-hybridized carbons (Fsp3) is 0.333. The summed E-state index contributed by atoms with van der Waals surface area (Å²) in [6.45, 7) is 3.70. The van der Waals surface area contributed by atoms with Crippen LogP contribution in [0.25, 0.3) is 11.3 Å². The van der Waals surface area contributed by atoms with Gasteiger partial charge in [-0.05, 0) is 24.6 Å². The summed E-state index contributed by atoms with van der Waals surface area (Å²) in [5.74, 6) is 1.81. The molecule has 0 saturated heterocycles. The number of aromatic nitrogens is 3. The van der Waals surface area contributed by atoms with E-state index in [4.69, 9.17) is 9.47 Å². The highest BCUT2D eigenvalue weighted by Crippen LogP contribution is 2.43. The summed E-state index contributed by atoms with van der Waals surface area (Å²) in [5, 5.41) is 9.35. The van der Waals surface area contributed by atoms with E-state index in [1.54, 1.807) is 23.8 Å². The number of thioether (sulfide) groups is 1. The van der Waals surface area contributed by atoms with Gasteiger partial charge in [0.15, 0.2) is 5.69 Å². The molecule has 0 unspecified atom stereocenters. The maximum Gasteiger partial charge on any atom is 0.247 e. The zero-order valence-electron chi connectivity index (χ0n) is 18.4. The molecule has 0 spiro atoms. The van der Waals surface area contributed by atoms with Gasteiger partial charge in [0, 0.05) is 23.8 Å². The van der Waals surface area contributed by atoms with Crippen molar-refractivity contribution in [1.29, 1.82) is 0 Å². The SMILES string of the molecule is CCCCCSc1nnc2c(n1)O[C@H](c1cccc(OC)c1)N(C(C)=O)c1ccccc1-2. The van der Waals surface area contributed by atoms with Crippen molar-refractivity contribution in [3.63, 3.8) is 0 Å². The lowest BCUT2D eigenvalue weighted by Gasteiger charge is -2.30. The second kappa shape index (κ2) is 9.99. The van der Waals surface area contributed by atoms with Gasteiger partial charge in [-0.15, -0.1) is 10.2 Å². The Morgan fingerprint density at radius 3 is 2.78 bits per heavy atom. The fourth-order valence-corrected chi connectivity index (χ4v) is 4.42. The van der Waals surface area contributed by atoms with Crippen LogP contribution >= 0.6 is 11.8 Å². The van der Waals surface area contributed by atoms with Gasteiger partial charge >= 0.3 is 0 Å². The Labute approximate surface area is 192 Å². The lowest BCUT2D eigenvalue weighted by molar-refractivity contribution is -0.118. The molecule has 1 aliphatic heterocycles. The second-order valence-corrected chi connectivity index (χ2v) is 8.52. The zero-order valence-corrected chi connectivity index (χ0v) is 19.3. The van der Waals surface area contributed by atoms with Crippen LogP contribution in [-0.2, 0) is 4.79 Å². The van der Waals surface area contributed by atoms with E-state index < -0.39 is 6.23 Å². The van der Waals surface area contributed by atoms with Crippen LogP contribution in [0.4, 0.5) is 5.69 Å². The molecule has 8 heteroatoms. The van der Waals surface area contributed by atoms with Gasteiger partial charge in [-0.1, -0.05) is 61.9 Å². The number of fused-ring (bicyclic) bond motifs is 3. The van der Waals surface area contributed by atoms with E-state index in [2.05, 4.69) is 22.1 Å². The Balaban J connectivity index is 1.80. The number of hydrogen-bond donors (Lipinski definition) is 0. The van der Waals surface area contributed by atoms with E-state index in [9.17, 15) is 4.79 Å². The number of rotatable bonds is 7. The molecule has 0 aliphatic carbocycles. The van der Waals surface area contributed by atoms with Gasteiger partial charge in [-0.3, -0.25) is 9.69 Å². The third-order valence-electron chi connectivity index (χ3n) is 5.21. The molecule has 166 valence electrons. The molecule has 1 aromatic heterocycles. The number of unbranched alkanes of at least 4 members (excludes halogenated alkanes) is 2.